The van der Waals surface area contributed by atoms with Crippen molar-refractivity contribution >= 4 is 17.1 Å². The normalized spacial score (nSPS) is 21.0. The largest absolute Gasteiger partial charge is 0.432 e. The Morgan fingerprint density at radius 2 is 2.38 bits per heavy atom. The lowest BCUT2D eigenvalue weighted by molar-refractivity contribution is 0.0950. The minimum atomic E-state index is 0.166. The molecule has 0 fully saturated rings. The maximum Gasteiger partial charge on any atom is 0.314 e. The zero-order valence-corrected chi connectivity index (χ0v) is 10.3. The standard InChI is InChI=1S/C11H15NO3S/c1-3-4-14-12-11-15-9-6-7(2)5-8(13)10(9)16-11/h7H,3-6H2,1-2H3. The number of fused-ring (bicyclic) bond motifs is 1. The fourth-order valence-electron chi connectivity index (χ4n) is 1.69. The molecule has 1 unspecified atom stereocenters. The Kier molecular flexibility index (Phi) is 3.43. The first-order valence-corrected chi connectivity index (χ1v) is 6.34. The molecule has 0 bridgehead atoms. The molecule has 16 heavy (non-hydrogen) atoms. The molecule has 0 aliphatic heterocycles. The van der Waals surface area contributed by atoms with Crippen LogP contribution in [0.2, 0.25) is 0 Å². The van der Waals surface area contributed by atoms with Gasteiger partial charge < -0.3 is 9.25 Å². The van der Waals surface area contributed by atoms with Crippen molar-refractivity contribution in [3.63, 3.8) is 0 Å². The van der Waals surface area contributed by atoms with Crippen LogP contribution in [0.15, 0.2) is 9.57 Å². The molecule has 4 nitrogen and oxygen atoms in total. The monoisotopic (exact) mass is 241 g/mol. The van der Waals surface area contributed by atoms with Gasteiger partial charge in [0.25, 0.3) is 0 Å². The fraction of sp³-hybridized carbons (Fsp3) is 0.636. The van der Waals surface area contributed by atoms with Crippen molar-refractivity contribution in [2.45, 2.75) is 33.1 Å². The zero-order chi connectivity index (χ0) is 11.5. The van der Waals surface area contributed by atoms with E-state index in [1.54, 1.807) is 0 Å². The minimum Gasteiger partial charge on any atom is -0.432 e. The van der Waals surface area contributed by atoms with E-state index in [4.69, 9.17) is 9.25 Å². The smallest absolute Gasteiger partial charge is 0.314 e. The summed E-state index contributed by atoms with van der Waals surface area (Å²) < 4.78 is 5.50. The molecule has 0 saturated carbocycles. The predicted octanol–water partition coefficient (Wildman–Crippen LogP) is 2.35. The molecule has 2 rings (SSSR count). The topological polar surface area (TPSA) is 51.8 Å². The van der Waals surface area contributed by atoms with Gasteiger partial charge in [0.1, 0.15) is 17.2 Å². The second kappa shape index (κ2) is 4.82. The summed E-state index contributed by atoms with van der Waals surface area (Å²) in [5.41, 5.74) is 0. The van der Waals surface area contributed by atoms with Crippen LogP contribution < -0.4 is 4.87 Å². The lowest BCUT2D eigenvalue weighted by Gasteiger charge is -2.13. The van der Waals surface area contributed by atoms with Crippen molar-refractivity contribution < 1.29 is 14.0 Å². The van der Waals surface area contributed by atoms with Crippen LogP contribution in [0.5, 0.6) is 0 Å². The average Bonchev–Trinajstić information content (AvgIpc) is 2.61. The van der Waals surface area contributed by atoms with Crippen molar-refractivity contribution in [1.82, 2.24) is 0 Å². The van der Waals surface area contributed by atoms with E-state index in [1.165, 1.54) is 11.3 Å². The van der Waals surface area contributed by atoms with Gasteiger partial charge in [-0.3, -0.25) is 4.79 Å². The van der Waals surface area contributed by atoms with Gasteiger partial charge in [0.15, 0.2) is 5.78 Å². The molecule has 1 aromatic rings. The summed E-state index contributed by atoms with van der Waals surface area (Å²) in [7, 11) is 0. The van der Waals surface area contributed by atoms with Crippen LogP contribution in [-0.4, -0.2) is 12.4 Å². The Morgan fingerprint density at radius 1 is 1.56 bits per heavy atom. The lowest BCUT2D eigenvalue weighted by atomic mass is 9.92. The number of hydrogen-bond acceptors (Lipinski definition) is 5. The molecule has 1 aliphatic carbocycles. The Balaban J connectivity index is 2.23. The number of rotatable bonds is 3. The fourth-order valence-corrected chi connectivity index (χ4v) is 2.53. The third-order valence-corrected chi connectivity index (χ3v) is 3.40. The lowest BCUT2D eigenvalue weighted by Crippen LogP contribution is -2.15. The molecule has 5 heteroatoms. The summed E-state index contributed by atoms with van der Waals surface area (Å²) in [5, 5.41) is 3.86. The van der Waals surface area contributed by atoms with E-state index in [2.05, 4.69) is 12.1 Å². The Morgan fingerprint density at radius 3 is 3.12 bits per heavy atom. The number of carbonyl (C=O) groups is 1. The maximum atomic E-state index is 11.7. The van der Waals surface area contributed by atoms with E-state index in [1.807, 2.05) is 6.92 Å². The maximum absolute atomic E-state index is 11.7. The Bertz CT molecular complexity index is 446. The molecule has 1 aromatic heterocycles. The summed E-state index contributed by atoms with van der Waals surface area (Å²) in [6.45, 7) is 4.64. The molecule has 0 aromatic carbocycles. The van der Waals surface area contributed by atoms with Gasteiger partial charge in [-0.15, -0.1) is 0 Å². The van der Waals surface area contributed by atoms with E-state index in [0.29, 0.717) is 23.8 Å². The molecule has 0 radical (unpaired) electrons. The molecule has 0 spiro atoms. The molecule has 0 amide bonds. The van der Waals surface area contributed by atoms with Gasteiger partial charge in [-0.2, -0.15) is 0 Å². The van der Waals surface area contributed by atoms with E-state index in [-0.39, 0.29) is 5.78 Å². The van der Waals surface area contributed by atoms with Gasteiger partial charge >= 0.3 is 4.87 Å². The summed E-state index contributed by atoms with van der Waals surface area (Å²) in [5.74, 6) is 1.30. The van der Waals surface area contributed by atoms with E-state index < -0.39 is 0 Å². The van der Waals surface area contributed by atoms with Crippen molar-refractivity contribution in [3.8, 4) is 0 Å². The van der Waals surface area contributed by atoms with Crippen LogP contribution in [0.3, 0.4) is 0 Å². The highest BCUT2D eigenvalue weighted by atomic mass is 32.1. The van der Waals surface area contributed by atoms with Crippen LogP contribution in [0.4, 0.5) is 0 Å². The van der Waals surface area contributed by atoms with E-state index in [9.17, 15) is 4.79 Å². The number of Topliss-reactive ketones (excluding diaryl/α,β-unsaturated/α-hetero) is 1. The summed E-state index contributed by atoms with van der Waals surface area (Å²) >= 11 is 1.29. The van der Waals surface area contributed by atoms with Crippen LogP contribution in [0.1, 0.15) is 42.1 Å². The highest BCUT2D eigenvalue weighted by molar-refractivity contribution is 7.11. The van der Waals surface area contributed by atoms with Crippen molar-refractivity contribution in [1.29, 1.82) is 0 Å². The summed E-state index contributed by atoms with van der Waals surface area (Å²) in [6.07, 6.45) is 2.34. The van der Waals surface area contributed by atoms with Gasteiger partial charge in [-0.1, -0.05) is 25.2 Å². The molecule has 0 N–H and O–H groups in total. The van der Waals surface area contributed by atoms with Crippen LogP contribution in [0.25, 0.3) is 0 Å². The first-order valence-electron chi connectivity index (χ1n) is 5.52. The Hall–Kier alpha value is -1.10. The van der Waals surface area contributed by atoms with Gasteiger partial charge in [0, 0.05) is 12.8 Å². The SMILES string of the molecule is CCCON=c1oc2c(s1)C(=O)CC(C)C2. The average molecular weight is 241 g/mol. The Labute approximate surface area is 97.9 Å². The van der Waals surface area contributed by atoms with Gasteiger partial charge in [0.05, 0.1) is 0 Å². The molecule has 0 saturated heterocycles. The molecule has 1 aliphatic rings. The number of hydrogen-bond donors (Lipinski definition) is 0. The van der Waals surface area contributed by atoms with E-state index in [0.717, 1.165) is 23.5 Å². The van der Waals surface area contributed by atoms with Gasteiger partial charge in [-0.05, 0) is 17.5 Å². The van der Waals surface area contributed by atoms with Crippen molar-refractivity contribution in [3.05, 3.63) is 15.5 Å². The predicted molar refractivity (Wildman–Crippen MR) is 60.2 cm³/mol. The first kappa shape index (κ1) is 11.4. The number of carbonyl (C=O) groups excluding carboxylic acids is 1. The molecule has 1 atom stereocenters. The van der Waals surface area contributed by atoms with E-state index >= 15 is 0 Å². The highest BCUT2D eigenvalue weighted by Crippen LogP contribution is 2.26. The number of ketones is 1. The minimum absolute atomic E-state index is 0.166. The molecule has 1 heterocycles. The second-order valence-corrected chi connectivity index (χ2v) is 5.05. The molecule has 88 valence electrons. The van der Waals surface area contributed by atoms with Crippen molar-refractivity contribution in [2.24, 2.45) is 11.1 Å². The highest BCUT2D eigenvalue weighted by Gasteiger charge is 2.26. The zero-order valence-electron chi connectivity index (χ0n) is 9.49. The van der Waals surface area contributed by atoms with Crippen molar-refractivity contribution in [2.75, 3.05) is 6.61 Å². The number of nitrogens with zero attached hydrogens (tertiary/aromatic N) is 1. The third-order valence-electron chi connectivity index (χ3n) is 2.41. The molecular weight excluding hydrogens is 226 g/mol. The summed E-state index contributed by atoms with van der Waals surface area (Å²) in [6, 6.07) is 0. The van der Waals surface area contributed by atoms with Crippen LogP contribution in [0, 0.1) is 5.92 Å². The molecular formula is C11H15NO3S. The summed E-state index contributed by atoms with van der Waals surface area (Å²) in [4.78, 5) is 17.9. The van der Waals surface area contributed by atoms with Gasteiger partial charge in [0.2, 0.25) is 0 Å². The third kappa shape index (κ3) is 2.35. The van der Waals surface area contributed by atoms with Crippen LogP contribution in [-0.2, 0) is 11.3 Å². The first-order chi connectivity index (χ1) is 7.70. The van der Waals surface area contributed by atoms with Gasteiger partial charge in [-0.25, -0.2) is 0 Å². The second-order valence-electron chi connectivity index (χ2n) is 4.08. The quantitative estimate of drug-likeness (QED) is 0.603. The van der Waals surface area contributed by atoms with Crippen LogP contribution >= 0.6 is 11.3 Å².